The Hall–Kier alpha value is -3.59. The highest BCUT2D eigenvalue weighted by atomic mass is 35.5. The van der Waals surface area contributed by atoms with Crippen LogP contribution < -0.4 is 20.5 Å². The number of hydrogen-bond acceptors (Lipinski definition) is 8. The third kappa shape index (κ3) is 4.36. The molecule has 0 atom stereocenters. The monoisotopic (exact) mass is 467 g/mol. The van der Waals surface area contributed by atoms with Crippen LogP contribution >= 0.6 is 11.6 Å². The number of fused-ring (bicyclic) bond motifs is 1. The van der Waals surface area contributed by atoms with Crippen molar-refractivity contribution < 1.29 is 9.47 Å². The van der Waals surface area contributed by atoms with Crippen molar-refractivity contribution in [2.75, 3.05) is 25.3 Å². The number of halogens is 1. The van der Waals surface area contributed by atoms with Crippen LogP contribution in [-0.4, -0.2) is 39.0 Å². The molecule has 0 saturated heterocycles. The number of nitrogen functional groups attached to an aromatic ring is 1. The first kappa shape index (κ1) is 22.6. The van der Waals surface area contributed by atoms with Crippen LogP contribution in [0.1, 0.15) is 25.0 Å². The van der Waals surface area contributed by atoms with Gasteiger partial charge < -0.3 is 20.5 Å². The van der Waals surface area contributed by atoms with E-state index in [1.807, 2.05) is 30.9 Å². The van der Waals surface area contributed by atoms with Gasteiger partial charge in [-0.25, -0.2) is 15.0 Å². The molecule has 0 unspecified atom stereocenters. The van der Waals surface area contributed by atoms with Gasteiger partial charge in [-0.2, -0.15) is 5.10 Å². The van der Waals surface area contributed by atoms with Crippen molar-refractivity contribution in [3.63, 3.8) is 0 Å². The molecule has 0 aliphatic rings. The van der Waals surface area contributed by atoms with Gasteiger partial charge >= 0.3 is 0 Å². The summed E-state index contributed by atoms with van der Waals surface area (Å²) in [6, 6.07) is 3.53. The molecule has 172 valence electrons. The lowest BCUT2D eigenvalue weighted by atomic mass is 10.0. The normalized spacial score (nSPS) is 11.1. The number of nitrogens with two attached hydrogens (primary N) is 1. The van der Waals surface area contributed by atoms with Crippen molar-refractivity contribution in [1.82, 2.24) is 24.7 Å². The molecule has 0 amide bonds. The number of ether oxygens (including phenoxy) is 2. The lowest BCUT2D eigenvalue weighted by Crippen LogP contribution is -2.06. The minimum atomic E-state index is 0.385. The summed E-state index contributed by atoms with van der Waals surface area (Å²) in [5.41, 5.74) is 9.18. The lowest BCUT2D eigenvalue weighted by Gasteiger charge is -2.18. The zero-order valence-corrected chi connectivity index (χ0v) is 19.8. The second-order valence-electron chi connectivity index (χ2n) is 7.38. The molecule has 4 aromatic rings. The average molecular weight is 468 g/mol. The summed E-state index contributed by atoms with van der Waals surface area (Å²) >= 11 is 6.75. The van der Waals surface area contributed by atoms with Crippen molar-refractivity contribution in [3.8, 4) is 22.9 Å². The highest BCUT2D eigenvalue weighted by molar-refractivity contribution is 6.35. The fraction of sp³-hybridized carbons (Fsp3) is 0.304. The number of aryl methyl sites for hydroxylation is 1. The van der Waals surface area contributed by atoms with Crippen LogP contribution in [0, 0.1) is 0 Å². The highest BCUT2D eigenvalue weighted by Gasteiger charge is 2.22. The van der Waals surface area contributed by atoms with Crippen LogP contribution in [0.25, 0.3) is 22.3 Å². The number of pyridine rings is 1. The summed E-state index contributed by atoms with van der Waals surface area (Å²) in [5.74, 6) is 2.60. The molecule has 0 fully saturated rings. The lowest BCUT2D eigenvalue weighted by molar-refractivity contribution is 0.392. The molecule has 0 aliphatic carbocycles. The quantitative estimate of drug-likeness (QED) is 0.393. The first-order chi connectivity index (χ1) is 16.0. The summed E-state index contributed by atoms with van der Waals surface area (Å²) in [6.45, 7) is 5.40. The van der Waals surface area contributed by atoms with Crippen LogP contribution in [0.3, 0.4) is 0 Å². The molecule has 9 nitrogen and oxygen atoms in total. The van der Waals surface area contributed by atoms with Crippen LogP contribution in [0.2, 0.25) is 5.02 Å². The van der Waals surface area contributed by atoms with E-state index in [0.29, 0.717) is 58.0 Å². The smallest absolute Gasteiger partial charge is 0.164 e. The Morgan fingerprint density at radius 2 is 1.88 bits per heavy atom. The van der Waals surface area contributed by atoms with Crippen LogP contribution in [0.15, 0.2) is 30.7 Å². The van der Waals surface area contributed by atoms with E-state index in [9.17, 15) is 0 Å². The topological polar surface area (TPSA) is 113 Å². The number of rotatable bonds is 8. The van der Waals surface area contributed by atoms with E-state index in [2.05, 4.69) is 15.4 Å². The third-order valence-electron chi connectivity index (χ3n) is 5.39. The van der Waals surface area contributed by atoms with E-state index in [1.54, 1.807) is 32.5 Å². The third-order valence-corrected chi connectivity index (χ3v) is 5.76. The van der Waals surface area contributed by atoms with Crippen molar-refractivity contribution in [3.05, 3.63) is 46.9 Å². The maximum absolute atomic E-state index is 6.75. The minimum absolute atomic E-state index is 0.385. The van der Waals surface area contributed by atoms with Gasteiger partial charge in [-0.1, -0.05) is 18.5 Å². The van der Waals surface area contributed by atoms with E-state index < -0.39 is 0 Å². The van der Waals surface area contributed by atoms with Gasteiger partial charge in [-0.15, -0.1) is 0 Å². The van der Waals surface area contributed by atoms with Gasteiger partial charge in [0.25, 0.3) is 0 Å². The Morgan fingerprint density at radius 3 is 2.55 bits per heavy atom. The molecule has 33 heavy (non-hydrogen) atoms. The van der Waals surface area contributed by atoms with Crippen LogP contribution in [-0.2, 0) is 19.5 Å². The number of nitrogens with one attached hydrogen (secondary N) is 1. The highest BCUT2D eigenvalue weighted by Crippen LogP contribution is 2.43. The van der Waals surface area contributed by atoms with Crippen molar-refractivity contribution >= 4 is 34.1 Å². The van der Waals surface area contributed by atoms with E-state index in [1.165, 1.54) is 0 Å². The summed E-state index contributed by atoms with van der Waals surface area (Å²) in [6.07, 6.45) is 6.12. The molecule has 10 heteroatoms. The van der Waals surface area contributed by atoms with Gasteiger partial charge in [-0.05, 0) is 19.4 Å². The molecule has 0 aliphatic heterocycles. The molecule has 3 N–H and O–H groups in total. The fourth-order valence-electron chi connectivity index (χ4n) is 3.71. The predicted molar refractivity (Wildman–Crippen MR) is 130 cm³/mol. The molecular weight excluding hydrogens is 442 g/mol. The first-order valence-electron chi connectivity index (χ1n) is 10.6. The Balaban J connectivity index is 1.88. The minimum Gasteiger partial charge on any atom is -0.496 e. The van der Waals surface area contributed by atoms with Crippen LogP contribution in [0.4, 0.5) is 11.6 Å². The molecule has 0 spiro atoms. The molecule has 4 rings (SSSR count). The largest absolute Gasteiger partial charge is 0.496 e. The Morgan fingerprint density at radius 1 is 1.09 bits per heavy atom. The molecule has 1 aromatic carbocycles. The zero-order chi connectivity index (χ0) is 23.5. The molecular formula is C23H26ClN7O2. The maximum atomic E-state index is 6.75. The first-order valence-corrected chi connectivity index (χ1v) is 11.0. The second kappa shape index (κ2) is 9.50. The summed E-state index contributed by atoms with van der Waals surface area (Å²) in [5, 5.41) is 8.92. The number of anilines is 2. The zero-order valence-electron chi connectivity index (χ0n) is 19.0. The SMILES string of the molecule is CCc1c(OC)cc(OC)c(Cl)c1-c1nc(NCc2cnn(CC)c2)c2cc(N)ncc2n1. The van der Waals surface area contributed by atoms with Crippen LogP contribution in [0.5, 0.6) is 11.5 Å². The van der Waals surface area contributed by atoms with Gasteiger partial charge in [0.05, 0.1) is 37.2 Å². The second-order valence-corrected chi connectivity index (χ2v) is 7.76. The summed E-state index contributed by atoms with van der Waals surface area (Å²) in [4.78, 5) is 13.8. The maximum Gasteiger partial charge on any atom is 0.164 e. The van der Waals surface area contributed by atoms with Gasteiger partial charge in [-0.3, -0.25) is 4.68 Å². The molecule has 0 bridgehead atoms. The molecule has 3 heterocycles. The Kier molecular flexibility index (Phi) is 6.50. The van der Waals surface area contributed by atoms with Gasteiger partial charge in [0.15, 0.2) is 5.82 Å². The van der Waals surface area contributed by atoms with E-state index in [4.69, 9.17) is 36.8 Å². The average Bonchev–Trinajstić information content (AvgIpc) is 3.30. The predicted octanol–water partition coefficient (Wildman–Crippen LogP) is 4.34. The number of hydrogen-bond donors (Lipinski definition) is 2. The number of methoxy groups -OCH3 is 2. The fourth-order valence-corrected chi connectivity index (χ4v) is 4.04. The molecule has 0 radical (unpaired) electrons. The van der Waals surface area contributed by atoms with E-state index in [0.717, 1.165) is 23.1 Å². The van der Waals surface area contributed by atoms with Gasteiger partial charge in [0.1, 0.15) is 23.1 Å². The number of benzene rings is 1. The summed E-state index contributed by atoms with van der Waals surface area (Å²) in [7, 11) is 3.18. The van der Waals surface area contributed by atoms with Gasteiger partial charge in [0, 0.05) is 47.4 Å². The Bertz CT molecular complexity index is 1310. The van der Waals surface area contributed by atoms with Crippen molar-refractivity contribution in [2.24, 2.45) is 0 Å². The van der Waals surface area contributed by atoms with E-state index >= 15 is 0 Å². The standard InChI is InChI=1S/C23H26ClN7O2/c1-5-14-17(32-3)8-18(33-4)21(24)20(14)23-29-16-11-26-19(25)7-15(16)22(30-23)27-9-13-10-28-31(6-2)12-13/h7-8,10-12H,5-6,9H2,1-4H3,(H2,25,26)(H,27,29,30). The Labute approximate surface area is 196 Å². The van der Waals surface area contributed by atoms with Crippen molar-refractivity contribution in [1.29, 1.82) is 0 Å². The van der Waals surface area contributed by atoms with Crippen molar-refractivity contribution in [2.45, 2.75) is 33.4 Å². The summed E-state index contributed by atoms with van der Waals surface area (Å²) < 4.78 is 13.0. The van der Waals surface area contributed by atoms with E-state index in [-0.39, 0.29) is 0 Å². The number of nitrogens with zero attached hydrogens (tertiary/aromatic N) is 5. The molecule has 3 aromatic heterocycles. The number of aromatic nitrogens is 5. The molecule has 0 saturated carbocycles. The van der Waals surface area contributed by atoms with Gasteiger partial charge in [0.2, 0.25) is 0 Å².